The summed E-state index contributed by atoms with van der Waals surface area (Å²) in [4.78, 5) is 25.0. The van der Waals surface area contributed by atoms with Gasteiger partial charge in [-0.05, 0) is 24.5 Å². The van der Waals surface area contributed by atoms with Gasteiger partial charge in [0.25, 0.3) is 0 Å². The Morgan fingerprint density at radius 1 is 1.50 bits per heavy atom. The Morgan fingerprint density at radius 3 is 2.90 bits per heavy atom. The quantitative estimate of drug-likeness (QED) is 0.856. The van der Waals surface area contributed by atoms with Crippen molar-refractivity contribution in [2.75, 3.05) is 24.3 Å². The summed E-state index contributed by atoms with van der Waals surface area (Å²) < 4.78 is 5.22. The van der Waals surface area contributed by atoms with Crippen LogP contribution >= 0.6 is 11.8 Å². The Morgan fingerprint density at radius 2 is 2.25 bits per heavy atom. The molecule has 1 heterocycles. The van der Waals surface area contributed by atoms with Crippen molar-refractivity contribution in [3.05, 3.63) is 23.8 Å². The van der Waals surface area contributed by atoms with Gasteiger partial charge in [-0.25, -0.2) is 0 Å². The summed E-state index contributed by atoms with van der Waals surface area (Å²) in [7, 11) is 1.62. The topological polar surface area (TPSA) is 46.6 Å². The van der Waals surface area contributed by atoms with Crippen molar-refractivity contribution in [2.45, 2.75) is 20.3 Å². The van der Waals surface area contributed by atoms with Crippen molar-refractivity contribution in [1.29, 1.82) is 0 Å². The van der Waals surface area contributed by atoms with Crippen LogP contribution in [0.15, 0.2) is 18.2 Å². The van der Waals surface area contributed by atoms with Crippen LogP contribution in [-0.4, -0.2) is 30.4 Å². The van der Waals surface area contributed by atoms with E-state index in [1.165, 1.54) is 11.8 Å². The molecule has 1 amide bonds. The fraction of sp³-hybridized carbons (Fsp3) is 0.467. The van der Waals surface area contributed by atoms with Crippen LogP contribution in [0.5, 0.6) is 5.75 Å². The molecule has 1 aromatic carbocycles. The Labute approximate surface area is 123 Å². The van der Waals surface area contributed by atoms with Gasteiger partial charge in [-0.15, -0.1) is 0 Å². The highest BCUT2D eigenvalue weighted by Gasteiger charge is 2.31. The van der Waals surface area contributed by atoms with Gasteiger partial charge in [-0.2, -0.15) is 0 Å². The van der Waals surface area contributed by atoms with Gasteiger partial charge in [0.05, 0.1) is 12.8 Å². The van der Waals surface area contributed by atoms with E-state index < -0.39 is 0 Å². The molecule has 0 bridgehead atoms. The van der Waals surface area contributed by atoms with Gasteiger partial charge in [0.1, 0.15) is 5.75 Å². The average molecular weight is 293 g/mol. The number of anilines is 1. The number of carbonyl (C=O) groups is 2. The van der Waals surface area contributed by atoms with Gasteiger partial charge in [-0.1, -0.05) is 17.8 Å². The van der Waals surface area contributed by atoms with Crippen LogP contribution < -0.4 is 9.64 Å². The number of carbonyl (C=O) groups excluding carboxylic acids is 2. The summed E-state index contributed by atoms with van der Waals surface area (Å²) in [5.41, 5.74) is 1.96. The molecule has 1 fully saturated rings. The maximum Gasteiger partial charge on any atom is 0.227 e. The number of ether oxygens (including phenoxy) is 1. The third-order valence-corrected chi connectivity index (χ3v) is 4.48. The molecular formula is C15H19NO3S. The van der Waals surface area contributed by atoms with E-state index in [9.17, 15) is 9.59 Å². The van der Waals surface area contributed by atoms with Crippen LogP contribution in [0.25, 0.3) is 0 Å². The predicted molar refractivity (Wildman–Crippen MR) is 81.3 cm³/mol. The van der Waals surface area contributed by atoms with Crippen molar-refractivity contribution >= 4 is 28.5 Å². The standard InChI is InChI=1S/C15H19NO3S/c1-10-4-5-13(19-3)7-14(10)16-8-12(6-15(16)18)9-20-11(2)17/h4-5,7,12H,6,8-9H2,1-3H3. The van der Waals surface area contributed by atoms with Gasteiger partial charge >= 0.3 is 0 Å². The molecule has 108 valence electrons. The van der Waals surface area contributed by atoms with Gasteiger partial charge in [0, 0.05) is 31.7 Å². The van der Waals surface area contributed by atoms with Crippen LogP contribution in [0.1, 0.15) is 18.9 Å². The number of aryl methyl sites for hydroxylation is 1. The van der Waals surface area contributed by atoms with Crippen molar-refractivity contribution < 1.29 is 14.3 Å². The van der Waals surface area contributed by atoms with Gasteiger partial charge in [0.15, 0.2) is 5.12 Å². The zero-order chi connectivity index (χ0) is 14.7. The fourth-order valence-corrected chi connectivity index (χ4v) is 3.06. The largest absolute Gasteiger partial charge is 0.497 e. The first kappa shape index (κ1) is 14.9. The van der Waals surface area contributed by atoms with Gasteiger partial charge in [-0.3, -0.25) is 9.59 Å². The number of thioether (sulfide) groups is 1. The summed E-state index contributed by atoms with van der Waals surface area (Å²) in [6, 6.07) is 5.75. The lowest BCUT2D eigenvalue weighted by molar-refractivity contribution is -0.117. The molecule has 4 nitrogen and oxygen atoms in total. The fourth-order valence-electron chi connectivity index (χ4n) is 2.37. The number of hydrogen-bond donors (Lipinski definition) is 0. The average Bonchev–Trinajstić information content (AvgIpc) is 2.78. The lowest BCUT2D eigenvalue weighted by Crippen LogP contribution is -2.25. The molecule has 0 N–H and O–H groups in total. The molecule has 0 radical (unpaired) electrons. The molecule has 1 aliphatic rings. The van der Waals surface area contributed by atoms with E-state index in [-0.39, 0.29) is 16.9 Å². The van der Waals surface area contributed by atoms with E-state index >= 15 is 0 Å². The second-order valence-electron chi connectivity index (χ2n) is 5.03. The smallest absolute Gasteiger partial charge is 0.227 e. The summed E-state index contributed by atoms with van der Waals surface area (Å²) in [6.07, 6.45) is 0.511. The van der Waals surface area contributed by atoms with E-state index in [1.807, 2.05) is 30.0 Å². The summed E-state index contributed by atoms with van der Waals surface area (Å²) in [5.74, 6) is 1.82. The highest BCUT2D eigenvalue weighted by atomic mass is 32.2. The number of hydrogen-bond acceptors (Lipinski definition) is 4. The summed E-state index contributed by atoms with van der Waals surface area (Å²) >= 11 is 1.30. The molecule has 1 aliphatic heterocycles. The number of rotatable bonds is 4. The zero-order valence-electron chi connectivity index (χ0n) is 12.0. The molecule has 0 aliphatic carbocycles. The molecule has 0 saturated carbocycles. The number of nitrogens with zero attached hydrogens (tertiary/aromatic N) is 1. The van der Waals surface area contributed by atoms with Crippen LogP contribution in [0.2, 0.25) is 0 Å². The Hall–Kier alpha value is -1.49. The Kier molecular flexibility index (Phi) is 4.70. The minimum atomic E-state index is 0.105. The normalized spacial score (nSPS) is 18.4. The SMILES string of the molecule is COc1ccc(C)c(N2CC(CSC(C)=O)CC2=O)c1. The molecule has 20 heavy (non-hydrogen) atoms. The molecule has 1 saturated heterocycles. The predicted octanol–water partition coefficient (Wildman–Crippen LogP) is 2.64. The van der Waals surface area contributed by atoms with Crippen LogP contribution in [0.3, 0.4) is 0 Å². The lowest BCUT2D eigenvalue weighted by Gasteiger charge is -2.20. The van der Waals surface area contributed by atoms with E-state index in [4.69, 9.17) is 4.74 Å². The first-order valence-electron chi connectivity index (χ1n) is 6.59. The highest BCUT2D eigenvalue weighted by Crippen LogP contribution is 2.32. The molecule has 1 atom stereocenters. The summed E-state index contributed by atoms with van der Waals surface area (Å²) in [6.45, 7) is 4.22. The van der Waals surface area contributed by atoms with Gasteiger partial charge in [0.2, 0.25) is 5.91 Å². The zero-order valence-corrected chi connectivity index (χ0v) is 12.8. The second-order valence-corrected chi connectivity index (χ2v) is 6.23. The third-order valence-electron chi connectivity index (χ3n) is 3.43. The first-order chi connectivity index (χ1) is 9.51. The second kappa shape index (κ2) is 6.31. The molecule has 1 aromatic rings. The maximum absolute atomic E-state index is 12.2. The maximum atomic E-state index is 12.2. The van der Waals surface area contributed by atoms with Crippen molar-refractivity contribution in [3.8, 4) is 5.75 Å². The van der Waals surface area contributed by atoms with Crippen molar-refractivity contribution in [3.63, 3.8) is 0 Å². The van der Waals surface area contributed by atoms with E-state index in [0.29, 0.717) is 18.7 Å². The molecule has 5 heteroatoms. The number of methoxy groups -OCH3 is 1. The number of benzene rings is 1. The molecule has 0 spiro atoms. The Bertz CT molecular complexity index is 530. The van der Waals surface area contributed by atoms with Crippen LogP contribution in [0.4, 0.5) is 5.69 Å². The van der Waals surface area contributed by atoms with Crippen LogP contribution in [0, 0.1) is 12.8 Å². The highest BCUT2D eigenvalue weighted by molar-refractivity contribution is 8.13. The van der Waals surface area contributed by atoms with Crippen LogP contribution in [-0.2, 0) is 9.59 Å². The minimum Gasteiger partial charge on any atom is -0.497 e. The van der Waals surface area contributed by atoms with E-state index in [0.717, 1.165) is 17.0 Å². The molecule has 1 unspecified atom stereocenters. The monoisotopic (exact) mass is 293 g/mol. The van der Waals surface area contributed by atoms with E-state index in [2.05, 4.69) is 0 Å². The Balaban J connectivity index is 2.13. The van der Waals surface area contributed by atoms with Crippen molar-refractivity contribution in [1.82, 2.24) is 0 Å². The number of amides is 1. The third kappa shape index (κ3) is 3.33. The minimum absolute atomic E-state index is 0.105. The summed E-state index contributed by atoms with van der Waals surface area (Å²) in [5, 5.41) is 0.105. The molecular weight excluding hydrogens is 274 g/mol. The van der Waals surface area contributed by atoms with Crippen molar-refractivity contribution in [2.24, 2.45) is 5.92 Å². The first-order valence-corrected chi connectivity index (χ1v) is 7.58. The molecule has 0 aromatic heterocycles. The molecule has 2 rings (SSSR count). The van der Waals surface area contributed by atoms with Gasteiger partial charge < -0.3 is 9.64 Å². The van der Waals surface area contributed by atoms with E-state index in [1.54, 1.807) is 14.0 Å². The lowest BCUT2D eigenvalue weighted by atomic mass is 10.1.